The first-order valence-electron chi connectivity index (χ1n) is 2.92. The Bertz CT molecular complexity index is 71.5. The summed E-state index contributed by atoms with van der Waals surface area (Å²) in [6.45, 7) is 5.67. The zero-order valence-corrected chi connectivity index (χ0v) is 7.31. The molecule has 3 heteroatoms. The molecule has 0 aromatic carbocycles. The van der Waals surface area contributed by atoms with Crippen molar-refractivity contribution >= 4 is 8.56 Å². The molecule has 0 N–H and O–H groups in total. The van der Waals surface area contributed by atoms with Gasteiger partial charge < -0.3 is 8.85 Å². The molecule has 0 unspecified atom stereocenters. The van der Waals surface area contributed by atoms with E-state index < -0.39 is 8.56 Å². The molecular weight excluding hydrogens is 132 g/mol. The zero-order valence-electron chi connectivity index (χ0n) is 6.31. The van der Waals surface area contributed by atoms with Crippen molar-refractivity contribution in [3.8, 4) is 0 Å². The van der Waals surface area contributed by atoms with E-state index in [0.29, 0.717) is 0 Å². The van der Waals surface area contributed by atoms with Gasteiger partial charge in [-0.05, 0) is 13.0 Å². The van der Waals surface area contributed by atoms with Crippen molar-refractivity contribution in [2.24, 2.45) is 0 Å². The van der Waals surface area contributed by atoms with Gasteiger partial charge in [0.2, 0.25) is 0 Å². The molecule has 0 bridgehead atoms. The van der Waals surface area contributed by atoms with E-state index in [9.17, 15) is 0 Å². The molecule has 0 amide bonds. The van der Waals surface area contributed by atoms with Crippen LogP contribution in [0.5, 0.6) is 0 Å². The largest absolute Gasteiger partial charge is 0.398 e. The fraction of sp³-hybridized carbons (Fsp3) is 0.667. The first-order valence-corrected chi connectivity index (χ1v) is 5.32. The second-order valence-corrected chi connectivity index (χ2v) is 5.17. The van der Waals surface area contributed by atoms with Crippen LogP contribution in [0, 0.1) is 13.0 Å². The standard InChI is InChI=1S/C6H14O2Si/c1-5-6-9(4,7-2)8-3/h6H,1,5H2,2-4H3. The smallest absolute Gasteiger partial charge is 0.337 e. The molecule has 0 atom stereocenters. The topological polar surface area (TPSA) is 18.5 Å². The molecule has 0 saturated heterocycles. The summed E-state index contributed by atoms with van der Waals surface area (Å²) >= 11 is 0. The average Bonchev–Trinajstić information content (AvgIpc) is 1.89. The lowest BCUT2D eigenvalue weighted by Gasteiger charge is -2.20. The van der Waals surface area contributed by atoms with E-state index in [0.717, 1.165) is 6.42 Å². The Balaban J connectivity index is 3.62. The Hall–Kier alpha value is 0.137. The number of rotatable bonds is 4. The monoisotopic (exact) mass is 146 g/mol. The molecule has 2 radical (unpaired) electrons. The van der Waals surface area contributed by atoms with E-state index >= 15 is 0 Å². The maximum absolute atomic E-state index is 5.15. The van der Waals surface area contributed by atoms with Crippen molar-refractivity contribution in [1.82, 2.24) is 0 Å². The van der Waals surface area contributed by atoms with Crippen LogP contribution in [0.3, 0.4) is 0 Å². The summed E-state index contributed by atoms with van der Waals surface area (Å²) in [6, 6.07) is 2.01. The molecule has 54 valence electrons. The quantitative estimate of drug-likeness (QED) is 0.557. The summed E-state index contributed by atoms with van der Waals surface area (Å²) < 4.78 is 10.3. The molecule has 0 spiro atoms. The molecule has 0 aromatic rings. The number of hydrogen-bond acceptors (Lipinski definition) is 2. The van der Waals surface area contributed by atoms with E-state index in [4.69, 9.17) is 8.85 Å². The van der Waals surface area contributed by atoms with Crippen LogP contribution in [0.25, 0.3) is 0 Å². The highest BCUT2D eigenvalue weighted by atomic mass is 28.4. The lowest BCUT2D eigenvalue weighted by atomic mass is 10.6. The van der Waals surface area contributed by atoms with Gasteiger partial charge in [0.25, 0.3) is 0 Å². The first kappa shape index (κ1) is 9.14. The predicted octanol–water partition coefficient (Wildman–Crippen LogP) is 1.32. The fourth-order valence-electron chi connectivity index (χ4n) is 0.512. The molecular formula is C6H14O2Si. The molecule has 0 rings (SSSR count). The van der Waals surface area contributed by atoms with Gasteiger partial charge in [-0.1, -0.05) is 6.92 Å². The normalized spacial score (nSPS) is 12.0. The van der Waals surface area contributed by atoms with Crippen LogP contribution in [0.4, 0.5) is 0 Å². The van der Waals surface area contributed by atoms with Crippen molar-refractivity contribution in [2.75, 3.05) is 14.2 Å². The molecule has 0 saturated carbocycles. The van der Waals surface area contributed by atoms with Gasteiger partial charge in [0.15, 0.2) is 0 Å². The van der Waals surface area contributed by atoms with E-state index in [1.807, 2.05) is 12.6 Å². The van der Waals surface area contributed by atoms with E-state index in [1.165, 1.54) is 0 Å². The molecule has 2 nitrogen and oxygen atoms in total. The minimum atomic E-state index is -1.88. The average molecular weight is 146 g/mol. The van der Waals surface area contributed by atoms with Gasteiger partial charge in [-0.3, -0.25) is 0 Å². The van der Waals surface area contributed by atoms with Crippen molar-refractivity contribution in [1.29, 1.82) is 0 Å². The molecule has 0 aliphatic heterocycles. The van der Waals surface area contributed by atoms with Crippen LogP contribution in [-0.2, 0) is 8.85 Å². The van der Waals surface area contributed by atoms with Crippen molar-refractivity contribution < 1.29 is 8.85 Å². The maximum Gasteiger partial charge on any atom is 0.337 e. The Labute approximate surface area is 58.4 Å². The predicted molar refractivity (Wildman–Crippen MR) is 39.9 cm³/mol. The molecule has 9 heavy (non-hydrogen) atoms. The minimum absolute atomic E-state index is 0.768. The van der Waals surface area contributed by atoms with Gasteiger partial charge in [-0.15, -0.1) is 0 Å². The fourth-order valence-corrected chi connectivity index (χ4v) is 1.54. The van der Waals surface area contributed by atoms with Crippen LogP contribution < -0.4 is 0 Å². The van der Waals surface area contributed by atoms with Crippen molar-refractivity contribution in [3.05, 3.63) is 13.0 Å². The number of hydrogen-bond donors (Lipinski definition) is 0. The van der Waals surface area contributed by atoms with Gasteiger partial charge in [0, 0.05) is 20.3 Å². The summed E-state index contributed by atoms with van der Waals surface area (Å²) in [5.74, 6) is 0. The maximum atomic E-state index is 5.15. The Kier molecular flexibility index (Phi) is 4.09. The van der Waals surface area contributed by atoms with Gasteiger partial charge in [-0.2, -0.15) is 0 Å². The molecule has 0 aliphatic rings. The molecule has 0 heterocycles. The van der Waals surface area contributed by atoms with Crippen LogP contribution in [-0.4, -0.2) is 22.8 Å². The van der Waals surface area contributed by atoms with E-state index in [-0.39, 0.29) is 0 Å². The van der Waals surface area contributed by atoms with Gasteiger partial charge in [0.1, 0.15) is 0 Å². The van der Waals surface area contributed by atoms with Crippen LogP contribution in [0.15, 0.2) is 0 Å². The van der Waals surface area contributed by atoms with Crippen LogP contribution >= 0.6 is 0 Å². The zero-order chi connectivity index (χ0) is 7.33. The van der Waals surface area contributed by atoms with Crippen LogP contribution in [0.1, 0.15) is 6.42 Å². The summed E-state index contributed by atoms with van der Waals surface area (Å²) in [4.78, 5) is 0. The Morgan fingerprint density at radius 2 is 1.89 bits per heavy atom. The highest BCUT2D eigenvalue weighted by molar-refractivity contribution is 6.69. The first-order chi connectivity index (χ1) is 4.18. The highest BCUT2D eigenvalue weighted by Crippen LogP contribution is 2.09. The van der Waals surface area contributed by atoms with E-state index in [2.05, 4.69) is 6.92 Å². The summed E-state index contributed by atoms with van der Waals surface area (Å²) in [7, 11) is 1.45. The lowest BCUT2D eigenvalue weighted by molar-refractivity contribution is 0.258. The summed E-state index contributed by atoms with van der Waals surface area (Å²) in [6.07, 6.45) is 0.768. The third-order valence-electron chi connectivity index (χ3n) is 1.33. The van der Waals surface area contributed by atoms with Crippen molar-refractivity contribution in [2.45, 2.75) is 13.0 Å². The van der Waals surface area contributed by atoms with Crippen molar-refractivity contribution in [3.63, 3.8) is 0 Å². The molecule has 0 aromatic heterocycles. The Morgan fingerprint density at radius 3 is 2.00 bits per heavy atom. The van der Waals surface area contributed by atoms with Crippen LogP contribution in [0.2, 0.25) is 6.55 Å². The van der Waals surface area contributed by atoms with E-state index in [1.54, 1.807) is 14.2 Å². The molecule has 0 aliphatic carbocycles. The second kappa shape index (κ2) is 4.03. The summed E-state index contributed by atoms with van der Waals surface area (Å²) in [5.41, 5.74) is 0. The SMILES string of the molecule is [CH2]C[CH][Si](C)(OC)OC. The second-order valence-electron chi connectivity index (χ2n) is 1.92. The molecule has 0 fully saturated rings. The Morgan fingerprint density at radius 1 is 1.44 bits per heavy atom. The minimum Gasteiger partial charge on any atom is -0.398 e. The third kappa shape index (κ3) is 2.98. The summed E-state index contributed by atoms with van der Waals surface area (Å²) in [5, 5.41) is 0. The van der Waals surface area contributed by atoms with Gasteiger partial charge >= 0.3 is 8.56 Å². The highest BCUT2D eigenvalue weighted by Gasteiger charge is 2.26. The van der Waals surface area contributed by atoms with Gasteiger partial charge in [0.05, 0.1) is 0 Å². The third-order valence-corrected chi connectivity index (χ3v) is 3.98. The van der Waals surface area contributed by atoms with Gasteiger partial charge in [-0.25, -0.2) is 0 Å². The lowest BCUT2D eigenvalue weighted by Crippen LogP contribution is -2.36.